The van der Waals surface area contributed by atoms with Crippen molar-refractivity contribution in [2.75, 3.05) is 12.3 Å². The van der Waals surface area contributed by atoms with Crippen molar-refractivity contribution in [1.29, 1.82) is 0 Å². The molecule has 2 rings (SSSR count). The van der Waals surface area contributed by atoms with Gasteiger partial charge in [0.2, 0.25) is 10.0 Å². The number of carbonyl (C=O) groups excluding carboxylic acids is 1. The predicted molar refractivity (Wildman–Crippen MR) is 106 cm³/mol. The van der Waals surface area contributed by atoms with E-state index in [0.717, 1.165) is 10.6 Å². The van der Waals surface area contributed by atoms with Gasteiger partial charge in [0.05, 0.1) is 4.90 Å². The van der Waals surface area contributed by atoms with E-state index in [4.69, 9.17) is 0 Å². The summed E-state index contributed by atoms with van der Waals surface area (Å²) in [5.41, 5.74) is 1.54. The van der Waals surface area contributed by atoms with Crippen LogP contribution in [-0.4, -0.2) is 32.7 Å². The Morgan fingerprint density at radius 2 is 1.81 bits per heavy atom. The van der Waals surface area contributed by atoms with Gasteiger partial charge in [0.1, 0.15) is 0 Å². The van der Waals surface area contributed by atoms with Crippen molar-refractivity contribution in [3.05, 3.63) is 59.7 Å². The molecule has 0 aliphatic rings. The van der Waals surface area contributed by atoms with Crippen LogP contribution >= 0.6 is 11.8 Å². The second kappa shape index (κ2) is 9.21. The lowest BCUT2D eigenvalue weighted by Gasteiger charge is -2.11. The summed E-state index contributed by atoms with van der Waals surface area (Å²) in [6.07, 6.45) is 0. The Kier molecular flexibility index (Phi) is 7.25. The number of amides is 1. The van der Waals surface area contributed by atoms with Crippen LogP contribution < -0.4 is 10.0 Å². The molecule has 0 atom stereocenters. The highest BCUT2D eigenvalue weighted by Gasteiger charge is 2.17. The van der Waals surface area contributed by atoms with Crippen LogP contribution in [0, 0.1) is 6.92 Å². The molecule has 0 unspecified atom stereocenters. The zero-order valence-corrected chi connectivity index (χ0v) is 16.8. The standard InChI is InChI=1S/C19H24N2O3S2/c1-14(2)21-26(23,24)18-6-4-5-16(13-18)19(22)20-11-12-25-17-9-7-15(3)8-10-17/h4-10,13-14,21H,11-12H2,1-3H3,(H,20,22). The van der Waals surface area contributed by atoms with Crippen molar-refractivity contribution in [1.82, 2.24) is 10.0 Å². The molecule has 0 radical (unpaired) electrons. The van der Waals surface area contributed by atoms with Gasteiger partial charge in [-0.25, -0.2) is 13.1 Å². The van der Waals surface area contributed by atoms with E-state index in [9.17, 15) is 13.2 Å². The maximum atomic E-state index is 12.3. The van der Waals surface area contributed by atoms with E-state index in [1.165, 1.54) is 17.7 Å². The number of benzene rings is 2. The summed E-state index contributed by atoms with van der Waals surface area (Å²) in [6, 6.07) is 14.1. The van der Waals surface area contributed by atoms with Gasteiger partial charge in [0, 0.05) is 28.8 Å². The summed E-state index contributed by atoms with van der Waals surface area (Å²) in [5, 5.41) is 2.83. The molecule has 7 heteroatoms. The van der Waals surface area contributed by atoms with Gasteiger partial charge in [-0.3, -0.25) is 4.79 Å². The van der Waals surface area contributed by atoms with Crippen molar-refractivity contribution in [2.45, 2.75) is 36.6 Å². The topological polar surface area (TPSA) is 75.3 Å². The molecule has 140 valence electrons. The minimum Gasteiger partial charge on any atom is -0.351 e. The Morgan fingerprint density at radius 3 is 2.46 bits per heavy atom. The molecule has 2 aromatic rings. The first-order chi connectivity index (χ1) is 12.3. The fourth-order valence-electron chi connectivity index (χ4n) is 2.25. The molecule has 0 bridgehead atoms. The average Bonchev–Trinajstić information content (AvgIpc) is 2.59. The van der Waals surface area contributed by atoms with Crippen LogP contribution in [-0.2, 0) is 10.0 Å². The van der Waals surface area contributed by atoms with Gasteiger partial charge in [-0.15, -0.1) is 11.8 Å². The maximum absolute atomic E-state index is 12.3. The molecule has 26 heavy (non-hydrogen) atoms. The minimum atomic E-state index is -3.61. The van der Waals surface area contributed by atoms with Crippen LogP contribution in [0.4, 0.5) is 0 Å². The van der Waals surface area contributed by atoms with E-state index >= 15 is 0 Å². The molecule has 2 N–H and O–H groups in total. The molecule has 0 aliphatic carbocycles. The third kappa shape index (κ3) is 6.16. The quantitative estimate of drug-likeness (QED) is 0.534. The van der Waals surface area contributed by atoms with Crippen molar-refractivity contribution < 1.29 is 13.2 Å². The lowest BCUT2D eigenvalue weighted by molar-refractivity contribution is 0.0956. The Hall–Kier alpha value is -1.83. The van der Waals surface area contributed by atoms with E-state index in [2.05, 4.69) is 34.3 Å². The summed E-state index contributed by atoms with van der Waals surface area (Å²) < 4.78 is 26.9. The number of hydrogen-bond donors (Lipinski definition) is 2. The SMILES string of the molecule is Cc1ccc(SCCNC(=O)c2cccc(S(=O)(=O)NC(C)C)c2)cc1. The van der Waals surface area contributed by atoms with E-state index in [0.29, 0.717) is 12.1 Å². The normalized spacial score (nSPS) is 11.5. The molecule has 0 heterocycles. The van der Waals surface area contributed by atoms with E-state index in [-0.39, 0.29) is 16.8 Å². The predicted octanol–water partition coefficient (Wildman–Crippen LogP) is 3.20. The monoisotopic (exact) mass is 392 g/mol. The zero-order valence-electron chi connectivity index (χ0n) is 15.2. The minimum absolute atomic E-state index is 0.0906. The molecule has 2 aromatic carbocycles. The Morgan fingerprint density at radius 1 is 1.12 bits per heavy atom. The van der Waals surface area contributed by atoms with Crippen LogP contribution in [0.5, 0.6) is 0 Å². The Labute approximate surface area is 159 Å². The van der Waals surface area contributed by atoms with Crippen LogP contribution in [0.25, 0.3) is 0 Å². The molecule has 1 amide bonds. The van der Waals surface area contributed by atoms with Crippen molar-refractivity contribution in [3.8, 4) is 0 Å². The highest BCUT2D eigenvalue weighted by molar-refractivity contribution is 7.99. The Bertz CT molecular complexity index is 847. The van der Waals surface area contributed by atoms with Gasteiger partial charge < -0.3 is 5.32 Å². The molecule has 0 fully saturated rings. The Balaban J connectivity index is 1.91. The molecular formula is C19H24N2O3S2. The third-order valence-corrected chi connectivity index (χ3v) is 6.14. The smallest absolute Gasteiger partial charge is 0.251 e. The number of hydrogen-bond acceptors (Lipinski definition) is 4. The van der Waals surface area contributed by atoms with Gasteiger partial charge in [-0.1, -0.05) is 23.8 Å². The van der Waals surface area contributed by atoms with Gasteiger partial charge in [0.25, 0.3) is 5.91 Å². The first-order valence-corrected chi connectivity index (χ1v) is 10.8. The van der Waals surface area contributed by atoms with Gasteiger partial charge in [-0.05, 0) is 51.1 Å². The van der Waals surface area contributed by atoms with E-state index in [1.807, 2.05) is 6.92 Å². The summed E-state index contributed by atoms with van der Waals surface area (Å²) in [4.78, 5) is 13.5. The summed E-state index contributed by atoms with van der Waals surface area (Å²) >= 11 is 1.66. The zero-order chi connectivity index (χ0) is 19.2. The average molecular weight is 393 g/mol. The molecule has 0 saturated carbocycles. The highest BCUT2D eigenvalue weighted by Crippen LogP contribution is 2.17. The summed E-state index contributed by atoms with van der Waals surface area (Å²) in [6.45, 7) is 6.04. The lowest BCUT2D eigenvalue weighted by Crippen LogP contribution is -2.30. The van der Waals surface area contributed by atoms with Gasteiger partial charge >= 0.3 is 0 Å². The number of nitrogens with one attached hydrogen (secondary N) is 2. The largest absolute Gasteiger partial charge is 0.351 e. The van der Waals surface area contributed by atoms with Crippen LogP contribution in [0.3, 0.4) is 0 Å². The molecule has 5 nitrogen and oxygen atoms in total. The molecule has 0 aliphatic heterocycles. The molecule has 0 aromatic heterocycles. The van der Waals surface area contributed by atoms with Crippen LogP contribution in [0.2, 0.25) is 0 Å². The second-order valence-corrected chi connectivity index (χ2v) is 9.10. The van der Waals surface area contributed by atoms with Gasteiger partial charge in [-0.2, -0.15) is 0 Å². The fraction of sp³-hybridized carbons (Fsp3) is 0.316. The van der Waals surface area contributed by atoms with Gasteiger partial charge in [0.15, 0.2) is 0 Å². The van der Waals surface area contributed by atoms with Crippen molar-refractivity contribution >= 4 is 27.7 Å². The highest BCUT2D eigenvalue weighted by atomic mass is 32.2. The number of carbonyl (C=O) groups is 1. The van der Waals surface area contributed by atoms with Crippen LogP contribution in [0.1, 0.15) is 29.8 Å². The lowest BCUT2D eigenvalue weighted by atomic mass is 10.2. The number of sulfonamides is 1. The molecule has 0 saturated heterocycles. The van der Waals surface area contributed by atoms with Crippen molar-refractivity contribution in [3.63, 3.8) is 0 Å². The van der Waals surface area contributed by atoms with E-state index < -0.39 is 10.0 Å². The third-order valence-electron chi connectivity index (χ3n) is 3.47. The van der Waals surface area contributed by atoms with Crippen molar-refractivity contribution in [2.24, 2.45) is 0 Å². The van der Waals surface area contributed by atoms with Crippen LogP contribution in [0.15, 0.2) is 58.3 Å². The summed E-state index contributed by atoms with van der Waals surface area (Å²) in [7, 11) is -3.61. The molecular weight excluding hydrogens is 368 g/mol. The number of rotatable bonds is 8. The fourth-order valence-corrected chi connectivity index (χ4v) is 4.32. The molecule has 0 spiro atoms. The van der Waals surface area contributed by atoms with E-state index in [1.54, 1.807) is 37.7 Å². The maximum Gasteiger partial charge on any atom is 0.251 e. The first kappa shape index (κ1) is 20.5. The number of thioether (sulfide) groups is 1. The number of aryl methyl sites for hydroxylation is 1. The first-order valence-electron chi connectivity index (χ1n) is 8.38. The summed E-state index contributed by atoms with van der Waals surface area (Å²) in [5.74, 6) is 0.456. The second-order valence-electron chi connectivity index (χ2n) is 6.22.